The smallest absolute Gasteiger partial charge is 0.132 e. The van der Waals surface area contributed by atoms with Crippen LogP contribution < -0.4 is 5.73 Å². The lowest BCUT2D eigenvalue weighted by Gasteiger charge is -2.07. The van der Waals surface area contributed by atoms with Gasteiger partial charge >= 0.3 is 0 Å². The number of anilines is 1. The molecule has 0 radical (unpaired) electrons. The van der Waals surface area contributed by atoms with E-state index in [0.29, 0.717) is 12.4 Å². The van der Waals surface area contributed by atoms with Gasteiger partial charge in [0, 0.05) is 18.0 Å². The fourth-order valence-corrected chi connectivity index (χ4v) is 2.18. The van der Waals surface area contributed by atoms with Gasteiger partial charge in [0.25, 0.3) is 0 Å². The molecule has 0 spiro atoms. The highest BCUT2D eigenvalue weighted by Crippen LogP contribution is 2.25. The number of hydrogen-bond donors (Lipinski definition) is 1. The predicted octanol–water partition coefficient (Wildman–Crippen LogP) is 2.28. The van der Waals surface area contributed by atoms with Crippen LogP contribution in [0.4, 0.5) is 5.82 Å². The van der Waals surface area contributed by atoms with Crippen LogP contribution in [0.15, 0.2) is 49.1 Å². The number of nitrogens with zero attached hydrogens (tertiary/aromatic N) is 4. The van der Waals surface area contributed by atoms with Crippen LogP contribution >= 0.6 is 0 Å². The highest BCUT2D eigenvalue weighted by molar-refractivity contribution is 5.69. The minimum atomic E-state index is 0.640. The van der Waals surface area contributed by atoms with Gasteiger partial charge in [0.05, 0.1) is 6.54 Å². The van der Waals surface area contributed by atoms with Gasteiger partial charge in [0.15, 0.2) is 0 Å². The maximum Gasteiger partial charge on any atom is 0.132 e. The van der Waals surface area contributed by atoms with Crippen molar-refractivity contribution < 1.29 is 0 Å². The molecule has 0 bridgehead atoms. The summed E-state index contributed by atoms with van der Waals surface area (Å²) in [6.45, 7) is 2.66. The summed E-state index contributed by atoms with van der Waals surface area (Å²) in [6.07, 6.45) is 4.93. The summed E-state index contributed by atoms with van der Waals surface area (Å²) < 4.78 is 2.00. The number of nitrogens with two attached hydrogens (primary N) is 1. The minimum absolute atomic E-state index is 0.640. The Bertz CT molecular complexity index is 704. The quantitative estimate of drug-likeness (QED) is 0.788. The van der Waals surface area contributed by atoms with Crippen LogP contribution in [-0.4, -0.2) is 19.5 Å². The third kappa shape index (κ3) is 2.25. The second-order valence-corrected chi connectivity index (χ2v) is 4.59. The lowest BCUT2D eigenvalue weighted by atomic mass is 10.2. The van der Waals surface area contributed by atoms with Crippen molar-refractivity contribution in [2.45, 2.75) is 13.5 Å². The highest BCUT2D eigenvalue weighted by Gasteiger charge is 2.14. The first kappa shape index (κ1) is 12.3. The molecule has 0 atom stereocenters. The van der Waals surface area contributed by atoms with Gasteiger partial charge in [-0.3, -0.25) is 0 Å². The van der Waals surface area contributed by atoms with E-state index in [1.807, 2.05) is 29.7 Å². The van der Waals surface area contributed by atoms with Gasteiger partial charge in [0.1, 0.15) is 23.7 Å². The van der Waals surface area contributed by atoms with Crippen LogP contribution in [0.1, 0.15) is 11.4 Å². The summed E-state index contributed by atoms with van der Waals surface area (Å²) >= 11 is 0. The lowest BCUT2D eigenvalue weighted by molar-refractivity contribution is 0.771. The zero-order valence-corrected chi connectivity index (χ0v) is 11.2. The van der Waals surface area contributed by atoms with E-state index in [2.05, 4.69) is 27.1 Å². The number of benzene rings is 1. The van der Waals surface area contributed by atoms with Crippen LogP contribution in [0, 0.1) is 6.92 Å². The molecule has 20 heavy (non-hydrogen) atoms. The number of nitrogen functional groups attached to an aromatic ring is 1. The third-order valence-electron chi connectivity index (χ3n) is 3.22. The largest absolute Gasteiger partial charge is 0.383 e. The number of rotatable bonds is 3. The average Bonchev–Trinajstić information content (AvgIpc) is 2.77. The molecule has 2 aromatic heterocycles. The zero-order valence-electron chi connectivity index (χ0n) is 11.2. The second kappa shape index (κ2) is 5.13. The number of aromatic nitrogens is 4. The first-order valence-electron chi connectivity index (χ1n) is 6.37. The van der Waals surface area contributed by atoms with Crippen molar-refractivity contribution in [2.24, 2.45) is 0 Å². The fourth-order valence-electron chi connectivity index (χ4n) is 2.18. The van der Waals surface area contributed by atoms with Crippen molar-refractivity contribution in [3.63, 3.8) is 0 Å². The molecule has 0 aliphatic rings. The van der Waals surface area contributed by atoms with Crippen molar-refractivity contribution in [2.75, 3.05) is 5.73 Å². The molecule has 0 amide bonds. The molecule has 5 heteroatoms. The summed E-state index contributed by atoms with van der Waals surface area (Å²) in [4.78, 5) is 12.6. The maximum absolute atomic E-state index is 6.23. The lowest BCUT2D eigenvalue weighted by Crippen LogP contribution is -2.06. The van der Waals surface area contributed by atoms with Crippen molar-refractivity contribution in [3.05, 3.63) is 60.4 Å². The van der Waals surface area contributed by atoms with Crippen molar-refractivity contribution in [1.82, 2.24) is 19.5 Å². The molecule has 0 unspecified atom stereocenters. The van der Waals surface area contributed by atoms with E-state index in [1.54, 1.807) is 12.4 Å². The van der Waals surface area contributed by atoms with E-state index >= 15 is 0 Å². The molecule has 0 fully saturated rings. The third-order valence-corrected chi connectivity index (χ3v) is 3.22. The van der Waals surface area contributed by atoms with E-state index < -0.39 is 0 Å². The Morgan fingerprint density at radius 2 is 1.80 bits per heavy atom. The van der Waals surface area contributed by atoms with E-state index in [1.165, 1.54) is 11.9 Å². The molecule has 2 heterocycles. The van der Waals surface area contributed by atoms with Crippen molar-refractivity contribution >= 4 is 5.82 Å². The van der Waals surface area contributed by atoms with Gasteiger partial charge in [-0.15, -0.1) is 0 Å². The Morgan fingerprint density at radius 1 is 1.10 bits per heavy atom. The van der Waals surface area contributed by atoms with Gasteiger partial charge in [-0.25, -0.2) is 15.0 Å². The molecule has 1 aromatic carbocycles. The topological polar surface area (TPSA) is 69.6 Å². The Kier molecular flexibility index (Phi) is 3.16. The molecule has 3 rings (SSSR count). The normalized spacial score (nSPS) is 10.7. The van der Waals surface area contributed by atoms with Gasteiger partial charge in [-0.2, -0.15) is 0 Å². The average molecular weight is 265 g/mol. The predicted molar refractivity (Wildman–Crippen MR) is 77.9 cm³/mol. The molecule has 100 valence electrons. The van der Waals surface area contributed by atoms with Crippen LogP contribution in [0.2, 0.25) is 0 Å². The Balaban J connectivity index is 1.99. The van der Waals surface area contributed by atoms with Crippen LogP contribution in [0.5, 0.6) is 0 Å². The van der Waals surface area contributed by atoms with Gasteiger partial charge < -0.3 is 10.3 Å². The first-order chi connectivity index (χ1) is 9.75. The summed E-state index contributed by atoms with van der Waals surface area (Å²) in [5, 5.41) is 0. The van der Waals surface area contributed by atoms with E-state index in [9.17, 15) is 0 Å². The van der Waals surface area contributed by atoms with Crippen LogP contribution in [-0.2, 0) is 6.54 Å². The zero-order chi connectivity index (χ0) is 13.9. The molecular formula is C15H15N5. The summed E-state index contributed by atoms with van der Waals surface area (Å²) in [6, 6.07) is 10.2. The summed E-state index contributed by atoms with van der Waals surface area (Å²) in [5.74, 6) is 1.52. The molecule has 2 N–H and O–H groups in total. The Hall–Kier alpha value is -2.69. The van der Waals surface area contributed by atoms with Crippen LogP contribution in [0.25, 0.3) is 11.3 Å². The number of imidazole rings is 1. The first-order valence-corrected chi connectivity index (χ1v) is 6.37. The highest BCUT2D eigenvalue weighted by atomic mass is 15.1. The van der Waals surface area contributed by atoms with E-state index in [4.69, 9.17) is 5.73 Å². The Morgan fingerprint density at radius 3 is 2.50 bits per heavy atom. The molecule has 3 aromatic rings. The minimum Gasteiger partial charge on any atom is -0.383 e. The molecule has 0 saturated heterocycles. The van der Waals surface area contributed by atoms with Crippen LogP contribution in [0.3, 0.4) is 0 Å². The summed E-state index contributed by atoms with van der Waals surface area (Å²) in [7, 11) is 0. The van der Waals surface area contributed by atoms with Gasteiger partial charge in [-0.1, -0.05) is 30.3 Å². The monoisotopic (exact) mass is 265 g/mol. The molecule has 0 aliphatic carbocycles. The number of hydrogen-bond acceptors (Lipinski definition) is 4. The maximum atomic E-state index is 6.23. The van der Waals surface area contributed by atoms with E-state index in [0.717, 1.165) is 17.1 Å². The fraction of sp³-hybridized carbons (Fsp3) is 0.133. The molecular weight excluding hydrogens is 250 g/mol. The standard InChI is InChI=1S/C15H15N5/c1-11-19-14(13-7-17-10-18-8-13)15(16)20(11)9-12-5-3-2-4-6-12/h2-8,10H,9,16H2,1H3. The van der Waals surface area contributed by atoms with Crippen molar-refractivity contribution in [3.8, 4) is 11.3 Å². The second-order valence-electron chi connectivity index (χ2n) is 4.59. The molecule has 0 saturated carbocycles. The van der Waals surface area contributed by atoms with E-state index in [-0.39, 0.29) is 0 Å². The SMILES string of the molecule is Cc1nc(-c2cncnc2)c(N)n1Cc1ccccc1. The summed E-state index contributed by atoms with van der Waals surface area (Å²) in [5.41, 5.74) is 8.99. The Labute approximate surface area is 117 Å². The molecule has 5 nitrogen and oxygen atoms in total. The van der Waals surface area contributed by atoms with Crippen molar-refractivity contribution in [1.29, 1.82) is 0 Å². The number of aryl methyl sites for hydroxylation is 1. The van der Waals surface area contributed by atoms with Gasteiger partial charge in [-0.05, 0) is 12.5 Å². The molecule has 0 aliphatic heterocycles. The van der Waals surface area contributed by atoms with Gasteiger partial charge in [0.2, 0.25) is 0 Å².